The van der Waals surface area contributed by atoms with E-state index in [2.05, 4.69) is 0 Å². The van der Waals surface area contributed by atoms with Crippen LogP contribution < -0.4 is 5.73 Å². The van der Waals surface area contributed by atoms with Crippen LogP contribution in [0.2, 0.25) is 5.02 Å². The second-order valence-corrected chi connectivity index (χ2v) is 4.90. The summed E-state index contributed by atoms with van der Waals surface area (Å²) in [6.07, 6.45) is 1.63. The van der Waals surface area contributed by atoms with Crippen molar-refractivity contribution in [3.8, 4) is 0 Å². The number of ketones is 1. The minimum atomic E-state index is -0.355. The molecular formula is C13H15ClN2O2. The zero-order valence-corrected chi connectivity index (χ0v) is 10.7. The van der Waals surface area contributed by atoms with Crippen LogP contribution in [0.25, 0.3) is 0 Å². The molecular weight excluding hydrogens is 252 g/mol. The lowest BCUT2D eigenvalue weighted by Gasteiger charge is -2.20. The number of primary amides is 1. The average molecular weight is 267 g/mol. The molecule has 2 rings (SSSR count). The molecule has 0 bridgehead atoms. The van der Waals surface area contributed by atoms with Gasteiger partial charge in [-0.15, -0.1) is 0 Å². The van der Waals surface area contributed by atoms with Crippen LogP contribution in [-0.4, -0.2) is 35.7 Å². The third kappa shape index (κ3) is 2.89. The Labute approximate surface area is 111 Å². The summed E-state index contributed by atoms with van der Waals surface area (Å²) in [6.45, 7) is 0.952. The van der Waals surface area contributed by atoms with Gasteiger partial charge in [-0.25, -0.2) is 0 Å². The maximum Gasteiger partial charge on any atom is 0.234 e. The van der Waals surface area contributed by atoms with Gasteiger partial charge in [-0.3, -0.25) is 14.5 Å². The first-order valence-electron chi connectivity index (χ1n) is 5.90. The lowest BCUT2D eigenvalue weighted by Crippen LogP contribution is -2.42. The molecule has 1 fully saturated rings. The standard InChI is InChI=1S/C13H15ClN2O2/c14-10-4-1-3-9(7-10)12(17)8-16-6-2-5-11(16)13(15)18/h1,3-4,7,11H,2,5-6,8H2,(H2,15,18). The molecule has 0 radical (unpaired) electrons. The van der Waals surface area contributed by atoms with Crippen molar-refractivity contribution in [1.82, 2.24) is 4.90 Å². The quantitative estimate of drug-likeness (QED) is 0.840. The molecule has 5 heteroatoms. The molecule has 1 amide bonds. The smallest absolute Gasteiger partial charge is 0.234 e. The van der Waals surface area contributed by atoms with E-state index in [0.29, 0.717) is 10.6 Å². The summed E-state index contributed by atoms with van der Waals surface area (Å²) in [5.74, 6) is -0.392. The zero-order chi connectivity index (χ0) is 13.1. The van der Waals surface area contributed by atoms with Crippen molar-refractivity contribution in [2.45, 2.75) is 18.9 Å². The molecule has 2 N–H and O–H groups in total. The summed E-state index contributed by atoms with van der Waals surface area (Å²) < 4.78 is 0. The van der Waals surface area contributed by atoms with Crippen LogP contribution in [-0.2, 0) is 4.79 Å². The van der Waals surface area contributed by atoms with E-state index < -0.39 is 0 Å². The molecule has 96 valence electrons. The van der Waals surface area contributed by atoms with E-state index in [0.717, 1.165) is 19.4 Å². The van der Waals surface area contributed by atoms with Gasteiger partial charge in [0, 0.05) is 10.6 Å². The lowest BCUT2D eigenvalue weighted by molar-refractivity contribution is -0.122. The second kappa shape index (κ2) is 5.50. The Bertz CT molecular complexity index is 476. The summed E-state index contributed by atoms with van der Waals surface area (Å²) in [5, 5.41) is 0.536. The van der Waals surface area contributed by atoms with Gasteiger partial charge >= 0.3 is 0 Å². The number of amides is 1. The molecule has 1 unspecified atom stereocenters. The number of carbonyl (C=O) groups excluding carboxylic acids is 2. The van der Waals surface area contributed by atoms with Gasteiger partial charge in [-0.05, 0) is 31.5 Å². The minimum Gasteiger partial charge on any atom is -0.368 e. The molecule has 1 aliphatic heterocycles. The van der Waals surface area contributed by atoms with Crippen LogP contribution >= 0.6 is 11.6 Å². The number of carbonyl (C=O) groups is 2. The maximum atomic E-state index is 12.1. The fraction of sp³-hybridized carbons (Fsp3) is 0.385. The van der Waals surface area contributed by atoms with Crippen LogP contribution in [0.5, 0.6) is 0 Å². The average Bonchev–Trinajstić information content (AvgIpc) is 2.77. The highest BCUT2D eigenvalue weighted by atomic mass is 35.5. The first-order valence-corrected chi connectivity index (χ1v) is 6.28. The van der Waals surface area contributed by atoms with Gasteiger partial charge in [0.15, 0.2) is 5.78 Å². The molecule has 1 aliphatic rings. The molecule has 0 spiro atoms. The van der Waals surface area contributed by atoms with Gasteiger partial charge in [-0.1, -0.05) is 23.7 Å². The number of hydrogen-bond acceptors (Lipinski definition) is 3. The van der Waals surface area contributed by atoms with Gasteiger partial charge < -0.3 is 5.73 Å². The van der Waals surface area contributed by atoms with Crippen molar-refractivity contribution in [2.75, 3.05) is 13.1 Å². The van der Waals surface area contributed by atoms with Crippen LogP contribution in [0.3, 0.4) is 0 Å². The van der Waals surface area contributed by atoms with Gasteiger partial charge in [-0.2, -0.15) is 0 Å². The number of hydrogen-bond donors (Lipinski definition) is 1. The van der Waals surface area contributed by atoms with Gasteiger partial charge in [0.1, 0.15) is 0 Å². The molecule has 1 atom stereocenters. The fourth-order valence-electron chi connectivity index (χ4n) is 2.28. The summed E-state index contributed by atoms with van der Waals surface area (Å²) in [5.41, 5.74) is 5.88. The molecule has 0 aromatic heterocycles. The van der Waals surface area contributed by atoms with Crippen molar-refractivity contribution in [2.24, 2.45) is 5.73 Å². The third-order valence-electron chi connectivity index (χ3n) is 3.19. The predicted molar refractivity (Wildman–Crippen MR) is 69.6 cm³/mol. The lowest BCUT2D eigenvalue weighted by atomic mass is 10.1. The van der Waals surface area contributed by atoms with Crippen LogP contribution in [0, 0.1) is 0 Å². The monoisotopic (exact) mass is 266 g/mol. The molecule has 1 saturated heterocycles. The first kappa shape index (κ1) is 13.1. The summed E-state index contributed by atoms with van der Waals surface area (Å²) >= 11 is 5.84. The van der Waals surface area contributed by atoms with E-state index in [1.165, 1.54) is 0 Å². The van der Waals surface area contributed by atoms with Crippen LogP contribution in [0.1, 0.15) is 23.2 Å². The molecule has 1 heterocycles. The van der Waals surface area contributed by atoms with E-state index in [-0.39, 0.29) is 24.3 Å². The second-order valence-electron chi connectivity index (χ2n) is 4.46. The summed E-state index contributed by atoms with van der Waals surface area (Å²) in [6, 6.07) is 6.52. The Morgan fingerprint density at radius 1 is 1.44 bits per heavy atom. The molecule has 18 heavy (non-hydrogen) atoms. The highest BCUT2D eigenvalue weighted by Crippen LogP contribution is 2.18. The Balaban J connectivity index is 2.05. The van der Waals surface area contributed by atoms with E-state index in [1.807, 2.05) is 4.90 Å². The third-order valence-corrected chi connectivity index (χ3v) is 3.42. The van der Waals surface area contributed by atoms with Crippen molar-refractivity contribution < 1.29 is 9.59 Å². The Kier molecular flexibility index (Phi) is 3.99. The first-order chi connectivity index (χ1) is 8.58. The van der Waals surface area contributed by atoms with E-state index in [1.54, 1.807) is 24.3 Å². The Morgan fingerprint density at radius 3 is 2.89 bits per heavy atom. The van der Waals surface area contributed by atoms with E-state index >= 15 is 0 Å². The Morgan fingerprint density at radius 2 is 2.22 bits per heavy atom. The molecule has 0 saturated carbocycles. The molecule has 4 nitrogen and oxygen atoms in total. The van der Waals surface area contributed by atoms with Gasteiger partial charge in [0.2, 0.25) is 5.91 Å². The number of Topliss-reactive ketones (excluding diaryl/α,β-unsaturated/α-hetero) is 1. The van der Waals surface area contributed by atoms with Crippen LogP contribution in [0.4, 0.5) is 0 Å². The topological polar surface area (TPSA) is 63.4 Å². The van der Waals surface area contributed by atoms with Crippen molar-refractivity contribution in [3.05, 3.63) is 34.9 Å². The van der Waals surface area contributed by atoms with Crippen LogP contribution in [0.15, 0.2) is 24.3 Å². The predicted octanol–water partition coefficient (Wildman–Crippen LogP) is 1.47. The highest BCUT2D eigenvalue weighted by molar-refractivity contribution is 6.31. The number of rotatable bonds is 4. The summed E-state index contributed by atoms with van der Waals surface area (Å²) in [7, 11) is 0. The van der Waals surface area contributed by atoms with E-state index in [9.17, 15) is 9.59 Å². The highest BCUT2D eigenvalue weighted by Gasteiger charge is 2.30. The fourth-order valence-corrected chi connectivity index (χ4v) is 2.47. The van der Waals surface area contributed by atoms with E-state index in [4.69, 9.17) is 17.3 Å². The number of halogens is 1. The number of benzene rings is 1. The summed E-state index contributed by atoms with van der Waals surface area (Å²) in [4.78, 5) is 25.1. The minimum absolute atomic E-state index is 0.0364. The number of nitrogens with two attached hydrogens (primary N) is 1. The number of nitrogens with zero attached hydrogens (tertiary/aromatic N) is 1. The van der Waals surface area contributed by atoms with Gasteiger partial charge in [0.05, 0.1) is 12.6 Å². The molecule has 0 aliphatic carbocycles. The Hall–Kier alpha value is -1.39. The largest absolute Gasteiger partial charge is 0.368 e. The maximum absolute atomic E-state index is 12.1. The van der Waals surface area contributed by atoms with Crippen molar-refractivity contribution >= 4 is 23.3 Å². The molecule has 1 aromatic carbocycles. The molecule has 1 aromatic rings. The van der Waals surface area contributed by atoms with Crippen molar-refractivity contribution in [3.63, 3.8) is 0 Å². The number of likely N-dealkylation sites (tertiary alicyclic amines) is 1. The normalized spacial score (nSPS) is 19.9. The zero-order valence-electron chi connectivity index (χ0n) is 9.93. The van der Waals surface area contributed by atoms with Crippen molar-refractivity contribution in [1.29, 1.82) is 0 Å². The van der Waals surface area contributed by atoms with Gasteiger partial charge in [0.25, 0.3) is 0 Å². The SMILES string of the molecule is NC(=O)C1CCCN1CC(=O)c1cccc(Cl)c1.